The van der Waals surface area contributed by atoms with Gasteiger partial charge in [0.2, 0.25) is 0 Å². The number of phenols is 1. The number of imidazole rings is 1. The average molecular weight is 626 g/mol. The Labute approximate surface area is 265 Å². The molecular weight excluding hydrogens is 589 g/mol. The fraction of sp³-hybridized carbons (Fsp3) is 0.382. The molecule has 1 amide bonds. The Balaban J connectivity index is 1.28. The number of benzene rings is 2. The van der Waals surface area contributed by atoms with E-state index in [2.05, 4.69) is 19.9 Å². The van der Waals surface area contributed by atoms with Crippen LogP contribution in [0.1, 0.15) is 39.4 Å². The molecule has 12 heteroatoms. The number of pyridine rings is 1. The van der Waals surface area contributed by atoms with Crippen molar-refractivity contribution in [1.29, 1.82) is 0 Å². The lowest BCUT2D eigenvalue weighted by atomic mass is 10.00. The summed E-state index contributed by atoms with van der Waals surface area (Å²) in [7, 11) is 1.91. The lowest BCUT2D eigenvalue weighted by molar-refractivity contribution is 0.0122. The number of phenolic OH excluding ortho intramolecular Hbond substituents is 1. The van der Waals surface area contributed by atoms with Crippen LogP contribution in [0.4, 0.5) is 15.0 Å². The smallest absolute Gasteiger partial charge is 0.410 e. The van der Waals surface area contributed by atoms with Crippen LogP contribution in [-0.2, 0) is 18.2 Å². The normalized spacial score (nSPS) is 18.0. The van der Waals surface area contributed by atoms with Crippen LogP contribution in [0.25, 0.3) is 32.9 Å². The van der Waals surface area contributed by atoms with Gasteiger partial charge in [0.05, 0.1) is 24.1 Å². The summed E-state index contributed by atoms with van der Waals surface area (Å²) in [6, 6.07) is 10.5. The number of aryl methyl sites for hydroxylation is 1. The molecule has 238 valence electrons. The minimum Gasteiger partial charge on any atom is -0.508 e. The molecule has 5 heterocycles. The number of aromatic hydroxyl groups is 1. The second-order valence-electron chi connectivity index (χ2n) is 13.0. The molecule has 2 atom stereocenters. The largest absolute Gasteiger partial charge is 0.508 e. The maximum atomic E-state index is 16.6. The minimum absolute atomic E-state index is 0.00927. The zero-order valence-electron chi connectivity index (χ0n) is 26.3. The summed E-state index contributed by atoms with van der Waals surface area (Å²) in [5.41, 5.74) is -0.00906. The highest BCUT2D eigenvalue weighted by atomic mass is 19.1. The monoisotopic (exact) mass is 625 g/mol. The summed E-state index contributed by atoms with van der Waals surface area (Å²) in [6.07, 6.45) is 7.02. The van der Waals surface area contributed by atoms with E-state index in [4.69, 9.17) is 14.5 Å². The van der Waals surface area contributed by atoms with Gasteiger partial charge in [-0.1, -0.05) is 24.3 Å². The summed E-state index contributed by atoms with van der Waals surface area (Å²) < 4.78 is 30.3. The number of hydrogen-bond donors (Lipinski definition) is 1. The van der Waals surface area contributed by atoms with Gasteiger partial charge in [0.25, 0.3) is 0 Å². The van der Waals surface area contributed by atoms with Crippen LogP contribution in [0, 0.1) is 5.82 Å². The molecule has 2 aliphatic heterocycles. The number of hydrogen-bond acceptors (Lipinski definition) is 9. The fourth-order valence-electron chi connectivity index (χ4n) is 6.57. The first-order chi connectivity index (χ1) is 22.1. The molecule has 2 aliphatic rings. The molecule has 11 nitrogen and oxygen atoms in total. The van der Waals surface area contributed by atoms with E-state index in [1.807, 2.05) is 67.7 Å². The molecule has 0 saturated carbocycles. The number of ether oxygens (including phenoxy) is 2. The third kappa shape index (κ3) is 5.52. The number of piperazine rings is 1. The predicted octanol–water partition coefficient (Wildman–Crippen LogP) is 5.63. The van der Waals surface area contributed by atoms with Gasteiger partial charge in [-0.25, -0.2) is 14.2 Å². The van der Waals surface area contributed by atoms with Crippen molar-refractivity contribution in [2.45, 2.75) is 57.7 Å². The summed E-state index contributed by atoms with van der Waals surface area (Å²) in [6.45, 7) is 6.82. The van der Waals surface area contributed by atoms with E-state index < -0.39 is 11.4 Å². The van der Waals surface area contributed by atoms with E-state index in [0.29, 0.717) is 36.3 Å². The quantitative estimate of drug-likeness (QED) is 0.256. The van der Waals surface area contributed by atoms with Crippen LogP contribution in [0.15, 0.2) is 55.0 Å². The highest BCUT2D eigenvalue weighted by Crippen LogP contribution is 2.39. The van der Waals surface area contributed by atoms with Crippen molar-refractivity contribution >= 4 is 33.6 Å². The number of halogens is 1. The number of fused-ring (bicyclic) bond motifs is 4. The van der Waals surface area contributed by atoms with Crippen molar-refractivity contribution in [1.82, 2.24) is 29.4 Å². The van der Waals surface area contributed by atoms with Crippen LogP contribution < -0.4 is 9.64 Å². The van der Waals surface area contributed by atoms with Crippen LogP contribution >= 0.6 is 0 Å². The first-order valence-electron chi connectivity index (χ1n) is 15.5. The van der Waals surface area contributed by atoms with Gasteiger partial charge >= 0.3 is 12.1 Å². The van der Waals surface area contributed by atoms with Crippen molar-refractivity contribution in [3.8, 4) is 23.0 Å². The summed E-state index contributed by atoms with van der Waals surface area (Å²) in [5, 5.41) is 12.4. The minimum atomic E-state index is -0.638. The Morgan fingerprint density at radius 3 is 2.54 bits per heavy atom. The standard InChI is InChI=1S/C34H36FN7O4/c1-34(2,3)46-33(44)42-21-9-10-22(42)19-41(18-21)31-26-17-37-29(25-16-23(43)15-20-7-5-6-8-24(20)25)28(35)30(26)38-32(39-31)45-14-11-27-36-12-13-40(27)4/h5-8,12-13,15-17,21-22,43H,9-11,14,18-19H2,1-4H3. The number of carbonyl (C=O) groups is 1. The van der Waals surface area contributed by atoms with Crippen LogP contribution in [0.5, 0.6) is 11.8 Å². The topological polar surface area (TPSA) is 119 Å². The van der Waals surface area contributed by atoms with Gasteiger partial charge in [-0.05, 0) is 56.5 Å². The third-order valence-electron chi connectivity index (χ3n) is 8.61. The van der Waals surface area contributed by atoms with E-state index in [0.717, 1.165) is 29.4 Å². The fourth-order valence-corrected chi connectivity index (χ4v) is 6.57. The van der Waals surface area contributed by atoms with E-state index in [-0.39, 0.29) is 47.8 Å². The average Bonchev–Trinajstić information content (AvgIpc) is 3.54. The molecule has 2 unspecified atom stereocenters. The van der Waals surface area contributed by atoms with Gasteiger partial charge in [0.15, 0.2) is 5.82 Å². The van der Waals surface area contributed by atoms with Crippen LogP contribution in [-0.4, -0.2) is 78.0 Å². The van der Waals surface area contributed by atoms with E-state index >= 15 is 4.39 Å². The molecule has 0 radical (unpaired) electrons. The van der Waals surface area contributed by atoms with Gasteiger partial charge in [-0.15, -0.1) is 0 Å². The molecular formula is C34H36FN7O4. The molecule has 2 saturated heterocycles. The number of anilines is 1. The molecule has 1 N–H and O–H groups in total. The Kier molecular flexibility index (Phi) is 7.37. The first kappa shape index (κ1) is 29.7. The van der Waals surface area contributed by atoms with E-state index in [1.165, 1.54) is 6.07 Å². The molecule has 0 spiro atoms. The Bertz CT molecular complexity index is 1940. The van der Waals surface area contributed by atoms with Crippen molar-refractivity contribution in [3.05, 3.63) is 66.6 Å². The molecule has 2 fully saturated rings. The molecule has 7 rings (SSSR count). The molecule has 5 aromatic rings. The van der Waals surface area contributed by atoms with Gasteiger partial charge in [-0.3, -0.25) is 9.88 Å². The maximum Gasteiger partial charge on any atom is 0.410 e. The Morgan fingerprint density at radius 1 is 1.07 bits per heavy atom. The van der Waals surface area contributed by atoms with E-state index in [9.17, 15) is 9.90 Å². The number of carbonyl (C=O) groups excluding carboxylic acids is 1. The zero-order valence-corrected chi connectivity index (χ0v) is 26.3. The Morgan fingerprint density at radius 2 is 1.83 bits per heavy atom. The van der Waals surface area contributed by atoms with Crippen LogP contribution in [0.3, 0.4) is 0 Å². The summed E-state index contributed by atoms with van der Waals surface area (Å²) in [5.74, 6) is 0.706. The highest BCUT2D eigenvalue weighted by Gasteiger charge is 2.45. The highest BCUT2D eigenvalue weighted by molar-refractivity contribution is 6.00. The second kappa shape index (κ2) is 11.4. The molecule has 46 heavy (non-hydrogen) atoms. The summed E-state index contributed by atoms with van der Waals surface area (Å²) >= 11 is 0. The number of rotatable bonds is 6. The lowest BCUT2D eigenvalue weighted by Gasteiger charge is -2.42. The van der Waals surface area contributed by atoms with Gasteiger partial charge < -0.3 is 24.0 Å². The van der Waals surface area contributed by atoms with Crippen molar-refractivity contribution < 1.29 is 23.8 Å². The summed E-state index contributed by atoms with van der Waals surface area (Å²) in [4.78, 5) is 35.3. The first-order valence-corrected chi connectivity index (χ1v) is 15.5. The van der Waals surface area contributed by atoms with Crippen molar-refractivity contribution in [3.63, 3.8) is 0 Å². The van der Waals surface area contributed by atoms with Gasteiger partial charge in [0, 0.05) is 50.7 Å². The molecule has 3 aromatic heterocycles. The van der Waals surface area contributed by atoms with Gasteiger partial charge in [-0.2, -0.15) is 9.97 Å². The van der Waals surface area contributed by atoms with Gasteiger partial charge in [0.1, 0.15) is 34.2 Å². The molecule has 2 aromatic carbocycles. The number of amides is 1. The molecule has 0 aliphatic carbocycles. The van der Waals surface area contributed by atoms with E-state index in [1.54, 1.807) is 18.5 Å². The second-order valence-corrected chi connectivity index (χ2v) is 13.0. The number of aromatic nitrogens is 5. The lowest BCUT2D eigenvalue weighted by Crippen LogP contribution is -2.57. The van der Waals surface area contributed by atoms with Crippen molar-refractivity contribution in [2.24, 2.45) is 7.05 Å². The SMILES string of the molecule is Cn1ccnc1CCOc1nc(N2CC3CCC(C2)N3C(=O)OC(C)(C)C)c2cnc(-c3cc(O)cc4ccccc34)c(F)c2n1. The maximum absolute atomic E-state index is 16.6. The third-order valence-corrected chi connectivity index (χ3v) is 8.61. The molecule has 2 bridgehead atoms. The predicted molar refractivity (Wildman–Crippen MR) is 171 cm³/mol. The Hall–Kier alpha value is -5.00. The number of nitrogens with zero attached hydrogens (tertiary/aromatic N) is 7. The zero-order chi connectivity index (χ0) is 32.2. The van der Waals surface area contributed by atoms with Crippen molar-refractivity contribution in [2.75, 3.05) is 24.6 Å². The van der Waals surface area contributed by atoms with Crippen LogP contribution in [0.2, 0.25) is 0 Å².